The van der Waals surface area contributed by atoms with Crippen molar-refractivity contribution in [2.75, 3.05) is 11.9 Å². The first-order valence-corrected chi connectivity index (χ1v) is 7.86. The highest BCUT2D eigenvalue weighted by Crippen LogP contribution is 2.38. The van der Waals surface area contributed by atoms with E-state index in [0.717, 1.165) is 15.7 Å². The highest BCUT2D eigenvalue weighted by atomic mass is 79.9. The van der Waals surface area contributed by atoms with E-state index in [4.69, 9.17) is 0 Å². The molecule has 0 fully saturated rings. The molecule has 112 valence electrons. The first-order valence-electron chi connectivity index (χ1n) is 7.07. The molecule has 3 rings (SSSR count). The summed E-state index contributed by atoms with van der Waals surface area (Å²) in [4.78, 5) is 12.3. The molecule has 0 radical (unpaired) electrons. The topological polar surface area (TPSA) is 49.3 Å². The van der Waals surface area contributed by atoms with E-state index in [0.29, 0.717) is 0 Å². The molecule has 0 bridgehead atoms. The Balaban J connectivity index is 1.97. The van der Waals surface area contributed by atoms with Gasteiger partial charge < -0.3 is 10.4 Å². The van der Waals surface area contributed by atoms with E-state index in [2.05, 4.69) is 21.2 Å². The van der Waals surface area contributed by atoms with Gasteiger partial charge in [0, 0.05) is 10.2 Å². The molecule has 2 aromatic rings. The molecule has 4 heteroatoms. The van der Waals surface area contributed by atoms with Crippen LogP contribution in [0.3, 0.4) is 0 Å². The fraction of sp³-hybridized carbons (Fsp3) is 0.167. The van der Waals surface area contributed by atoms with Gasteiger partial charge in [0.2, 0.25) is 0 Å². The van der Waals surface area contributed by atoms with Gasteiger partial charge in [-0.3, -0.25) is 4.79 Å². The molecule has 1 unspecified atom stereocenters. The van der Waals surface area contributed by atoms with Crippen LogP contribution in [0.25, 0.3) is 0 Å². The van der Waals surface area contributed by atoms with Crippen molar-refractivity contribution in [2.24, 2.45) is 0 Å². The van der Waals surface area contributed by atoms with Crippen LogP contribution < -0.4 is 5.32 Å². The summed E-state index contributed by atoms with van der Waals surface area (Å²) in [5.74, 6) is -0.424. The number of rotatable bonds is 4. The summed E-state index contributed by atoms with van der Waals surface area (Å²) < 4.78 is 0.980. The van der Waals surface area contributed by atoms with Crippen molar-refractivity contribution in [3.8, 4) is 0 Å². The molecule has 2 aromatic carbocycles. The maximum Gasteiger partial charge on any atom is 0.165 e. The van der Waals surface area contributed by atoms with Crippen molar-refractivity contribution in [3.63, 3.8) is 0 Å². The van der Waals surface area contributed by atoms with Crippen molar-refractivity contribution < 1.29 is 9.90 Å². The largest absolute Gasteiger partial charge is 0.394 e. The number of carbonyl (C=O) groups excluding carboxylic acids is 1. The number of ketones is 1. The third-order valence-electron chi connectivity index (χ3n) is 3.96. The third kappa shape index (κ3) is 2.72. The minimum Gasteiger partial charge on any atom is -0.394 e. The number of hydrogen-bond acceptors (Lipinski definition) is 3. The van der Waals surface area contributed by atoms with Gasteiger partial charge in [-0.2, -0.15) is 0 Å². The normalized spacial score (nSPS) is 23.7. The van der Waals surface area contributed by atoms with E-state index >= 15 is 0 Å². The van der Waals surface area contributed by atoms with E-state index in [1.165, 1.54) is 0 Å². The molecule has 1 aliphatic rings. The molecule has 2 N–H and O–H groups in total. The van der Waals surface area contributed by atoms with Gasteiger partial charge in [0.05, 0.1) is 18.1 Å². The van der Waals surface area contributed by atoms with Crippen LogP contribution in [0, 0.1) is 0 Å². The summed E-state index contributed by atoms with van der Waals surface area (Å²) in [7, 11) is 0. The molecule has 0 heterocycles. The number of halogens is 1. The van der Waals surface area contributed by atoms with Crippen LogP contribution in [0.4, 0.5) is 5.69 Å². The Kier molecular flexibility index (Phi) is 4.14. The standard InChI is InChI=1S/C18H16BrNO2/c19-14-6-8-15(9-7-14)20-18(12-21)11-10-16(22)17(18)13-4-2-1-3-5-13/h1-11,17,20-21H,12H2/t17?,18-/m1/s1. The summed E-state index contributed by atoms with van der Waals surface area (Å²) in [5, 5.41) is 13.3. The van der Waals surface area contributed by atoms with E-state index in [9.17, 15) is 9.90 Å². The highest BCUT2D eigenvalue weighted by molar-refractivity contribution is 9.10. The van der Waals surface area contributed by atoms with Crippen molar-refractivity contribution in [1.29, 1.82) is 0 Å². The Bertz CT molecular complexity index is 697. The number of nitrogens with one attached hydrogen (secondary N) is 1. The van der Waals surface area contributed by atoms with Crippen LogP contribution in [-0.4, -0.2) is 23.0 Å². The second-order valence-corrected chi connectivity index (χ2v) is 6.33. The molecule has 2 atom stereocenters. The Morgan fingerprint density at radius 1 is 1.09 bits per heavy atom. The van der Waals surface area contributed by atoms with Gasteiger partial charge in [-0.1, -0.05) is 52.3 Å². The minimum absolute atomic E-state index is 0.00450. The Labute approximate surface area is 137 Å². The van der Waals surface area contributed by atoms with E-state index in [-0.39, 0.29) is 12.4 Å². The lowest BCUT2D eigenvalue weighted by molar-refractivity contribution is -0.116. The first kappa shape index (κ1) is 15.0. The highest BCUT2D eigenvalue weighted by Gasteiger charge is 2.45. The summed E-state index contributed by atoms with van der Waals surface area (Å²) in [6.45, 7) is -0.162. The van der Waals surface area contributed by atoms with Crippen LogP contribution in [0.5, 0.6) is 0 Å². The predicted octanol–water partition coefficient (Wildman–Crippen LogP) is 3.51. The maximum atomic E-state index is 12.3. The molecule has 0 saturated carbocycles. The molecular formula is C18H16BrNO2. The Morgan fingerprint density at radius 3 is 2.41 bits per heavy atom. The van der Waals surface area contributed by atoms with E-state index in [1.54, 1.807) is 12.2 Å². The van der Waals surface area contributed by atoms with Crippen molar-refractivity contribution in [2.45, 2.75) is 11.5 Å². The average molecular weight is 358 g/mol. The van der Waals surface area contributed by atoms with Crippen LogP contribution >= 0.6 is 15.9 Å². The fourth-order valence-corrected chi connectivity index (χ4v) is 3.15. The summed E-state index contributed by atoms with van der Waals surface area (Å²) in [5.41, 5.74) is 0.945. The fourth-order valence-electron chi connectivity index (χ4n) is 2.88. The van der Waals surface area contributed by atoms with E-state index in [1.807, 2.05) is 54.6 Å². The smallest absolute Gasteiger partial charge is 0.165 e. The van der Waals surface area contributed by atoms with Gasteiger partial charge in [-0.05, 0) is 35.9 Å². The zero-order chi connectivity index (χ0) is 15.6. The van der Waals surface area contributed by atoms with Crippen molar-refractivity contribution in [1.82, 2.24) is 0 Å². The number of hydrogen-bond donors (Lipinski definition) is 2. The Morgan fingerprint density at radius 2 is 1.77 bits per heavy atom. The number of anilines is 1. The van der Waals surface area contributed by atoms with Crippen molar-refractivity contribution in [3.05, 3.63) is 76.8 Å². The zero-order valence-electron chi connectivity index (χ0n) is 11.9. The molecule has 22 heavy (non-hydrogen) atoms. The summed E-state index contributed by atoms with van der Waals surface area (Å²) in [6.07, 6.45) is 3.33. The van der Waals surface area contributed by atoms with Crippen LogP contribution in [-0.2, 0) is 4.79 Å². The maximum absolute atomic E-state index is 12.3. The SMILES string of the molecule is O=C1C=C[C@](CO)(Nc2ccc(Br)cc2)C1c1ccccc1. The van der Waals surface area contributed by atoms with Gasteiger partial charge in [-0.25, -0.2) is 0 Å². The number of aliphatic hydroxyl groups is 1. The number of allylic oxidation sites excluding steroid dienone is 1. The lowest BCUT2D eigenvalue weighted by atomic mass is 9.81. The monoisotopic (exact) mass is 357 g/mol. The van der Waals surface area contributed by atoms with Gasteiger partial charge in [0.1, 0.15) is 0 Å². The van der Waals surface area contributed by atoms with Crippen LogP contribution in [0.1, 0.15) is 11.5 Å². The average Bonchev–Trinajstić information content (AvgIpc) is 2.87. The molecule has 3 nitrogen and oxygen atoms in total. The predicted molar refractivity (Wildman–Crippen MR) is 90.9 cm³/mol. The minimum atomic E-state index is -0.813. The quantitative estimate of drug-likeness (QED) is 0.879. The molecule has 0 amide bonds. The third-order valence-corrected chi connectivity index (χ3v) is 4.49. The molecule has 0 spiro atoms. The van der Waals surface area contributed by atoms with Gasteiger partial charge in [-0.15, -0.1) is 0 Å². The number of carbonyl (C=O) groups is 1. The van der Waals surface area contributed by atoms with E-state index < -0.39 is 11.5 Å². The number of benzene rings is 2. The summed E-state index contributed by atoms with van der Waals surface area (Å²) in [6, 6.07) is 17.2. The molecular weight excluding hydrogens is 342 g/mol. The lowest BCUT2D eigenvalue weighted by Crippen LogP contribution is -2.45. The second-order valence-electron chi connectivity index (χ2n) is 5.41. The second kappa shape index (κ2) is 6.07. The van der Waals surface area contributed by atoms with Crippen molar-refractivity contribution >= 4 is 27.4 Å². The van der Waals surface area contributed by atoms with Gasteiger partial charge >= 0.3 is 0 Å². The van der Waals surface area contributed by atoms with Crippen LogP contribution in [0.2, 0.25) is 0 Å². The van der Waals surface area contributed by atoms with Gasteiger partial charge in [0.25, 0.3) is 0 Å². The summed E-state index contributed by atoms with van der Waals surface area (Å²) >= 11 is 3.40. The molecule has 1 aliphatic carbocycles. The first-order chi connectivity index (χ1) is 10.6. The van der Waals surface area contributed by atoms with Gasteiger partial charge in [0.15, 0.2) is 5.78 Å². The molecule has 0 aliphatic heterocycles. The molecule has 0 aromatic heterocycles. The number of aliphatic hydroxyl groups excluding tert-OH is 1. The lowest BCUT2D eigenvalue weighted by Gasteiger charge is -2.34. The molecule has 0 saturated heterocycles. The van der Waals surface area contributed by atoms with Crippen LogP contribution in [0.15, 0.2) is 71.2 Å². The zero-order valence-corrected chi connectivity index (χ0v) is 13.5. The Hall–Kier alpha value is -1.91.